The van der Waals surface area contributed by atoms with E-state index < -0.39 is 23.5 Å². The van der Waals surface area contributed by atoms with Gasteiger partial charge in [-0.25, -0.2) is 0 Å². The monoisotopic (exact) mass is 170 g/mol. The van der Waals surface area contributed by atoms with Crippen LogP contribution >= 0.6 is 0 Å². The largest absolute Gasteiger partial charge is 0.481 e. The first-order chi connectivity index (χ1) is 5.61. The lowest BCUT2D eigenvalue weighted by Crippen LogP contribution is -2.29. The Morgan fingerprint density at radius 3 is 2.75 bits per heavy atom. The van der Waals surface area contributed by atoms with Crippen LogP contribution in [-0.4, -0.2) is 22.6 Å². The third-order valence-corrected chi connectivity index (χ3v) is 2.02. The fraction of sp³-hybridized carbons (Fsp3) is 0.625. The molecule has 1 N–H and O–H groups in total. The normalized spacial score (nSPS) is 24.2. The molecule has 1 fully saturated rings. The molecule has 0 heterocycles. The lowest BCUT2D eigenvalue weighted by molar-refractivity contribution is -0.145. The molecule has 0 aromatic rings. The number of carbonyl (C=O) groups is 3. The highest BCUT2D eigenvalue weighted by atomic mass is 16.4. The smallest absolute Gasteiger partial charge is 0.304 e. The van der Waals surface area contributed by atoms with Crippen molar-refractivity contribution >= 4 is 17.5 Å². The summed E-state index contributed by atoms with van der Waals surface area (Å²) in [5.41, 5.74) is 0. The molecule has 1 unspecified atom stereocenters. The summed E-state index contributed by atoms with van der Waals surface area (Å²) in [6.07, 6.45) is 1.26. The van der Waals surface area contributed by atoms with E-state index >= 15 is 0 Å². The van der Waals surface area contributed by atoms with Gasteiger partial charge in [-0.2, -0.15) is 0 Å². The molecular weight excluding hydrogens is 160 g/mol. The zero-order valence-electron chi connectivity index (χ0n) is 6.58. The first-order valence-corrected chi connectivity index (χ1v) is 3.90. The quantitative estimate of drug-likeness (QED) is 0.609. The summed E-state index contributed by atoms with van der Waals surface area (Å²) in [7, 11) is 0. The molecule has 1 aliphatic rings. The van der Waals surface area contributed by atoms with Gasteiger partial charge in [-0.05, 0) is 12.8 Å². The highest BCUT2D eigenvalue weighted by Crippen LogP contribution is 2.20. The van der Waals surface area contributed by atoms with Crippen LogP contribution in [0.1, 0.15) is 25.7 Å². The fourth-order valence-electron chi connectivity index (χ4n) is 1.40. The molecule has 1 atom stereocenters. The molecular formula is C8H10O4. The van der Waals surface area contributed by atoms with Crippen LogP contribution in [0.2, 0.25) is 0 Å². The van der Waals surface area contributed by atoms with E-state index in [9.17, 15) is 14.4 Å². The van der Waals surface area contributed by atoms with Crippen molar-refractivity contribution in [3.63, 3.8) is 0 Å². The minimum Gasteiger partial charge on any atom is -0.481 e. The number of rotatable bonds is 2. The lowest BCUT2D eigenvalue weighted by Gasteiger charge is -2.16. The highest BCUT2D eigenvalue weighted by molar-refractivity contribution is 6.38. The Morgan fingerprint density at radius 1 is 1.50 bits per heavy atom. The third-order valence-electron chi connectivity index (χ3n) is 2.02. The van der Waals surface area contributed by atoms with Gasteiger partial charge in [-0.1, -0.05) is 0 Å². The van der Waals surface area contributed by atoms with Crippen molar-refractivity contribution in [3.05, 3.63) is 0 Å². The standard InChI is InChI=1S/C8H10O4/c9-6-3-1-2-5(8(6)12)4-7(10)11/h5H,1-4H2,(H,10,11). The highest BCUT2D eigenvalue weighted by Gasteiger charge is 2.30. The summed E-state index contributed by atoms with van der Waals surface area (Å²) in [4.78, 5) is 32.1. The number of hydrogen-bond donors (Lipinski definition) is 1. The number of carbonyl (C=O) groups excluding carboxylic acids is 2. The summed E-state index contributed by atoms with van der Waals surface area (Å²) < 4.78 is 0. The molecule has 0 aromatic carbocycles. The van der Waals surface area contributed by atoms with E-state index in [2.05, 4.69) is 0 Å². The Hall–Kier alpha value is -1.19. The van der Waals surface area contributed by atoms with Crippen LogP contribution in [0.3, 0.4) is 0 Å². The van der Waals surface area contributed by atoms with Crippen molar-refractivity contribution in [2.75, 3.05) is 0 Å². The Morgan fingerprint density at radius 2 is 2.17 bits per heavy atom. The van der Waals surface area contributed by atoms with Gasteiger partial charge in [0.15, 0.2) is 5.78 Å². The first kappa shape index (κ1) is 8.90. The number of carboxylic acid groups (broad SMARTS) is 1. The predicted molar refractivity (Wildman–Crippen MR) is 39.6 cm³/mol. The van der Waals surface area contributed by atoms with E-state index in [1.165, 1.54) is 0 Å². The molecule has 0 radical (unpaired) electrons. The Balaban J connectivity index is 2.58. The maximum atomic E-state index is 11.0. The summed E-state index contributed by atoms with van der Waals surface area (Å²) in [6, 6.07) is 0. The van der Waals surface area contributed by atoms with Gasteiger partial charge in [0.1, 0.15) is 0 Å². The molecule has 12 heavy (non-hydrogen) atoms. The van der Waals surface area contributed by atoms with Crippen molar-refractivity contribution < 1.29 is 19.5 Å². The average Bonchev–Trinajstić information content (AvgIpc) is 1.98. The van der Waals surface area contributed by atoms with Crippen molar-refractivity contribution in [3.8, 4) is 0 Å². The predicted octanol–water partition coefficient (Wildman–Crippen LogP) is 0.399. The van der Waals surface area contributed by atoms with Gasteiger partial charge in [-0.15, -0.1) is 0 Å². The van der Waals surface area contributed by atoms with E-state index in [1.807, 2.05) is 0 Å². The van der Waals surface area contributed by atoms with E-state index in [4.69, 9.17) is 5.11 Å². The molecule has 66 valence electrons. The van der Waals surface area contributed by atoms with Crippen LogP contribution in [0.4, 0.5) is 0 Å². The molecule has 0 aromatic heterocycles. The van der Waals surface area contributed by atoms with Gasteiger partial charge in [0.2, 0.25) is 5.78 Å². The molecule has 4 nitrogen and oxygen atoms in total. The van der Waals surface area contributed by atoms with Gasteiger partial charge in [-0.3, -0.25) is 14.4 Å². The number of carboxylic acids is 1. The Bertz CT molecular complexity index is 231. The van der Waals surface area contributed by atoms with Crippen molar-refractivity contribution in [1.29, 1.82) is 0 Å². The van der Waals surface area contributed by atoms with Gasteiger partial charge in [0.25, 0.3) is 0 Å². The second-order valence-electron chi connectivity index (χ2n) is 2.97. The molecule has 1 rings (SSSR count). The van der Waals surface area contributed by atoms with Crippen LogP contribution in [0, 0.1) is 5.92 Å². The zero-order chi connectivity index (χ0) is 9.14. The zero-order valence-corrected chi connectivity index (χ0v) is 6.58. The lowest BCUT2D eigenvalue weighted by atomic mass is 9.85. The molecule has 0 bridgehead atoms. The maximum absolute atomic E-state index is 11.0. The SMILES string of the molecule is O=C(O)CC1CCCC(=O)C1=O. The van der Waals surface area contributed by atoms with E-state index in [1.54, 1.807) is 0 Å². The summed E-state index contributed by atoms with van der Waals surface area (Å²) >= 11 is 0. The number of Topliss-reactive ketones (excluding diaryl/α,β-unsaturated/α-hetero) is 2. The minimum absolute atomic E-state index is 0.204. The second kappa shape index (κ2) is 3.47. The van der Waals surface area contributed by atoms with Crippen LogP contribution < -0.4 is 0 Å². The van der Waals surface area contributed by atoms with Crippen LogP contribution in [0.15, 0.2) is 0 Å². The topological polar surface area (TPSA) is 71.4 Å². The molecule has 4 heteroatoms. The average molecular weight is 170 g/mol. The molecule has 0 spiro atoms. The van der Waals surface area contributed by atoms with Crippen LogP contribution in [0.25, 0.3) is 0 Å². The summed E-state index contributed by atoms with van der Waals surface area (Å²) in [5, 5.41) is 8.41. The number of ketones is 2. The van der Waals surface area contributed by atoms with Crippen molar-refractivity contribution in [1.82, 2.24) is 0 Å². The van der Waals surface area contributed by atoms with Gasteiger partial charge in [0.05, 0.1) is 6.42 Å². The maximum Gasteiger partial charge on any atom is 0.304 e. The third kappa shape index (κ3) is 1.90. The molecule has 0 saturated heterocycles. The summed E-state index contributed by atoms with van der Waals surface area (Å²) in [6.45, 7) is 0. The van der Waals surface area contributed by atoms with Crippen LogP contribution in [0.5, 0.6) is 0 Å². The number of aliphatic carboxylic acids is 1. The molecule has 1 saturated carbocycles. The Kier molecular flexibility index (Phi) is 2.58. The van der Waals surface area contributed by atoms with Gasteiger partial charge >= 0.3 is 5.97 Å². The second-order valence-corrected chi connectivity index (χ2v) is 2.97. The van der Waals surface area contributed by atoms with Gasteiger partial charge in [0, 0.05) is 12.3 Å². The Labute approximate surface area is 69.6 Å². The molecule has 1 aliphatic carbocycles. The minimum atomic E-state index is -1.01. The van der Waals surface area contributed by atoms with E-state index in [-0.39, 0.29) is 12.8 Å². The fourth-order valence-corrected chi connectivity index (χ4v) is 1.40. The van der Waals surface area contributed by atoms with E-state index in [0.717, 1.165) is 0 Å². The molecule has 0 amide bonds. The van der Waals surface area contributed by atoms with Crippen LogP contribution in [-0.2, 0) is 14.4 Å². The van der Waals surface area contributed by atoms with Crippen molar-refractivity contribution in [2.45, 2.75) is 25.7 Å². The summed E-state index contributed by atoms with van der Waals surface area (Å²) in [5.74, 6) is -2.48. The molecule has 0 aliphatic heterocycles. The first-order valence-electron chi connectivity index (χ1n) is 3.90. The number of hydrogen-bond acceptors (Lipinski definition) is 3. The van der Waals surface area contributed by atoms with Crippen molar-refractivity contribution in [2.24, 2.45) is 5.92 Å². The van der Waals surface area contributed by atoms with E-state index in [0.29, 0.717) is 12.8 Å². The van der Waals surface area contributed by atoms with Gasteiger partial charge < -0.3 is 5.11 Å².